The van der Waals surface area contributed by atoms with E-state index >= 15 is 0 Å². The first-order valence-electron chi connectivity index (χ1n) is 9.82. The van der Waals surface area contributed by atoms with E-state index in [9.17, 15) is 4.79 Å². The number of fused-ring (bicyclic) bond motifs is 1. The van der Waals surface area contributed by atoms with Gasteiger partial charge in [0.25, 0.3) is 5.91 Å². The minimum absolute atomic E-state index is 0.0642. The summed E-state index contributed by atoms with van der Waals surface area (Å²) in [4.78, 5) is 16.2. The molecule has 5 nitrogen and oxygen atoms in total. The normalized spacial score (nSPS) is 13.2. The highest BCUT2D eigenvalue weighted by molar-refractivity contribution is 7.98. The third-order valence-electron chi connectivity index (χ3n) is 4.95. The molecule has 2 aromatic carbocycles. The van der Waals surface area contributed by atoms with Crippen LogP contribution in [0.15, 0.2) is 57.9 Å². The Labute approximate surface area is 175 Å². The molecule has 29 heavy (non-hydrogen) atoms. The topological polar surface area (TPSA) is 55.6 Å². The number of aryl methyl sites for hydroxylation is 1. The Hall–Kier alpha value is -2.73. The Kier molecular flexibility index (Phi) is 5.90. The quantitative estimate of drug-likeness (QED) is 0.545. The average Bonchev–Trinajstić information content (AvgIpc) is 3.17. The lowest BCUT2D eigenvalue weighted by molar-refractivity contribution is 0.0731. The zero-order valence-electron chi connectivity index (χ0n) is 16.7. The fraction of sp³-hybridized carbons (Fsp3) is 0.304. The summed E-state index contributed by atoms with van der Waals surface area (Å²) in [5.41, 5.74) is 4.06. The zero-order valence-corrected chi connectivity index (χ0v) is 17.5. The first kappa shape index (κ1) is 19.6. The van der Waals surface area contributed by atoms with Gasteiger partial charge in [-0.1, -0.05) is 23.4 Å². The van der Waals surface area contributed by atoms with Crippen LogP contribution in [0.5, 0.6) is 5.75 Å². The Morgan fingerprint density at radius 3 is 2.86 bits per heavy atom. The fourth-order valence-electron chi connectivity index (χ4n) is 3.54. The molecule has 0 saturated carbocycles. The second-order valence-electron chi connectivity index (χ2n) is 7.06. The van der Waals surface area contributed by atoms with Crippen LogP contribution in [-0.2, 0) is 18.7 Å². The van der Waals surface area contributed by atoms with Gasteiger partial charge in [0.1, 0.15) is 11.5 Å². The Morgan fingerprint density at radius 1 is 1.21 bits per heavy atom. The van der Waals surface area contributed by atoms with Gasteiger partial charge in [0.15, 0.2) is 0 Å². The van der Waals surface area contributed by atoms with Gasteiger partial charge >= 0.3 is 0 Å². The Balaban J connectivity index is 1.50. The van der Waals surface area contributed by atoms with Crippen molar-refractivity contribution in [1.82, 2.24) is 10.1 Å². The lowest BCUT2D eigenvalue weighted by atomic mass is 9.99. The summed E-state index contributed by atoms with van der Waals surface area (Å²) in [5.74, 6) is 2.38. The van der Waals surface area contributed by atoms with E-state index in [2.05, 4.69) is 17.3 Å². The van der Waals surface area contributed by atoms with E-state index < -0.39 is 0 Å². The molecule has 1 aromatic heterocycles. The molecule has 0 bridgehead atoms. The number of hydrogen-bond donors (Lipinski definition) is 0. The predicted molar refractivity (Wildman–Crippen MR) is 113 cm³/mol. The van der Waals surface area contributed by atoms with Crippen LogP contribution in [0.1, 0.15) is 39.9 Å². The molecule has 0 unspecified atom stereocenters. The molecular formula is C23H24N2O3S. The van der Waals surface area contributed by atoms with E-state index in [0.717, 1.165) is 46.2 Å². The third kappa shape index (κ3) is 4.48. The molecule has 0 saturated heterocycles. The zero-order chi connectivity index (χ0) is 20.2. The number of carbonyl (C=O) groups is 1. The number of benzene rings is 2. The van der Waals surface area contributed by atoms with Crippen LogP contribution >= 0.6 is 11.8 Å². The summed E-state index contributed by atoms with van der Waals surface area (Å²) in [6.45, 7) is 5.84. The first-order valence-corrected chi connectivity index (χ1v) is 10.8. The molecule has 3 aromatic rings. The van der Waals surface area contributed by atoms with Gasteiger partial charge in [-0.05, 0) is 55.7 Å². The lowest BCUT2D eigenvalue weighted by Crippen LogP contribution is -2.36. The van der Waals surface area contributed by atoms with Gasteiger partial charge in [0.05, 0.1) is 23.6 Å². The number of hydrogen-bond acceptors (Lipinski definition) is 5. The van der Waals surface area contributed by atoms with Crippen molar-refractivity contribution in [2.45, 2.75) is 37.5 Å². The molecule has 0 atom stereocenters. The minimum Gasteiger partial charge on any atom is -0.494 e. The third-order valence-corrected chi connectivity index (χ3v) is 6.05. The monoisotopic (exact) mass is 408 g/mol. The van der Waals surface area contributed by atoms with E-state index in [4.69, 9.17) is 9.26 Å². The Morgan fingerprint density at radius 2 is 2.07 bits per heavy atom. The number of amides is 1. The van der Waals surface area contributed by atoms with E-state index in [1.54, 1.807) is 11.8 Å². The highest BCUT2D eigenvalue weighted by atomic mass is 32.2. The molecule has 2 heterocycles. The minimum atomic E-state index is 0.0642. The summed E-state index contributed by atoms with van der Waals surface area (Å²) in [6, 6.07) is 15.9. The van der Waals surface area contributed by atoms with Crippen LogP contribution in [0.2, 0.25) is 0 Å². The van der Waals surface area contributed by atoms with Gasteiger partial charge in [0, 0.05) is 24.1 Å². The molecule has 0 aliphatic carbocycles. The molecule has 0 N–H and O–H groups in total. The second-order valence-corrected chi connectivity index (χ2v) is 8.08. The number of rotatable bonds is 6. The summed E-state index contributed by atoms with van der Waals surface area (Å²) in [6.07, 6.45) is 0.861. The predicted octanol–water partition coefficient (Wildman–Crippen LogP) is 4.87. The van der Waals surface area contributed by atoms with Gasteiger partial charge in [0.2, 0.25) is 0 Å². The van der Waals surface area contributed by atoms with Crippen LogP contribution in [0.4, 0.5) is 0 Å². The molecule has 1 amide bonds. The van der Waals surface area contributed by atoms with Crippen molar-refractivity contribution in [3.63, 3.8) is 0 Å². The van der Waals surface area contributed by atoms with Crippen LogP contribution in [-0.4, -0.2) is 29.1 Å². The van der Waals surface area contributed by atoms with Crippen LogP contribution in [0.3, 0.4) is 0 Å². The molecule has 1 aliphatic heterocycles. The van der Waals surface area contributed by atoms with E-state index in [1.807, 2.05) is 55.1 Å². The van der Waals surface area contributed by atoms with Crippen molar-refractivity contribution in [1.29, 1.82) is 0 Å². The van der Waals surface area contributed by atoms with Crippen molar-refractivity contribution < 1.29 is 14.1 Å². The molecule has 0 radical (unpaired) electrons. The average molecular weight is 409 g/mol. The SMILES string of the molecule is CCOc1ccc2c(c1)CN(C(=O)c1ccccc1SCc1cc(C)no1)CC2. The molecule has 6 heteroatoms. The van der Waals surface area contributed by atoms with Crippen LogP contribution < -0.4 is 4.74 Å². The van der Waals surface area contributed by atoms with Crippen molar-refractivity contribution in [3.8, 4) is 5.75 Å². The molecular weight excluding hydrogens is 384 g/mol. The summed E-state index contributed by atoms with van der Waals surface area (Å²) < 4.78 is 10.9. The van der Waals surface area contributed by atoms with Crippen molar-refractivity contribution in [3.05, 3.63) is 76.7 Å². The maximum atomic E-state index is 13.3. The van der Waals surface area contributed by atoms with Gasteiger partial charge < -0.3 is 14.2 Å². The van der Waals surface area contributed by atoms with Crippen molar-refractivity contribution >= 4 is 17.7 Å². The van der Waals surface area contributed by atoms with E-state index in [-0.39, 0.29) is 5.91 Å². The largest absolute Gasteiger partial charge is 0.494 e. The standard InChI is InChI=1S/C23H24N2O3S/c1-3-27-19-9-8-17-10-11-25(14-18(17)13-19)23(26)21-6-4-5-7-22(21)29-15-20-12-16(2)24-28-20/h4-9,12-13H,3,10-11,14-15H2,1-2H3. The van der Waals surface area contributed by atoms with E-state index in [1.165, 1.54) is 5.56 Å². The smallest absolute Gasteiger partial charge is 0.255 e. The fourth-order valence-corrected chi connectivity index (χ4v) is 4.46. The van der Waals surface area contributed by atoms with Crippen LogP contribution in [0.25, 0.3) is 0 Å². The molecule has 0 spiro atoms. The highest BCUT2D eigenvalue weighted by Gasteiger charge is 2.24. The number of ether oxygens (including phenoxy) is 1. The second kappa shape index (κ2) is 8.74. The maximum Gasteiger partial charge on any atom is 0.255 e. The molecule has 150 valence electrons. The van der Waals surface area contributed by atoms with Gasteiger partial charge in [-0.15, -0.1) is 11.8 Å². The number of nitrogens with zero attached hydrogens (tertiary/aromatic N) is 2. The lowest BCUT2D eigenvalue weighted by Gasteiger charge is -2.29. The van der Waals surface area contributed by atoms with Crippen molar-refractivity contribution in [2.24, 2.45) is 0 Å². The van der Waals surface area contributed by atoms with Gasteiger partial charge in [-0.2, -0.15) is 0 Å². The molecule has 0 fully saturated rings. The van der Waals surface area contributed by atoms with Gasteiger partial charge in [-0.3, -0.25) is 4.79 Å². The first-order chi connectivity index (χ1) is 14.1. The van der Waals surface area contributed by atoms with E-state index in [0.29, 0.717) is 18.9 Å². The number of carbonyl (C=O) groups excluding carboxylic acids is 1. The summed E-state index contributed by atoms with van der Waals surface area (Å²) in [5, 5.41) is 3.93. The maximum absolute atomic E-state index is 13.3. The molecule has 4 rings (SSSR count). The van der Waals surface area contributed by atoms with Crippen molar-refractivity contribution in [2.75, 3.05) is 13.2 Å². The van der Waals surface area contributed by atoms with Crippen LogP contribution in [0, 0.1) is 6.92 Å². The number of thioether (sulfide) groups is 1. The van der Waals surface area contributed by atoms with Gasteiger partial charge in [-0.25, -0.2) is 0 Å². The summed E-state index contributed by atoms with van der Waals surface area (Å²) >= 11 is 1.60. The summed E-state index contributed by atoms with van der Waals surface area (Å²) in [7, 11) is 0. The number of aromatic nitrogens is 1. The Bertz CT molecular complexity index is 1010. The molecule has 1 aliphatic rings. The highest BCUT2D eigenvalue weighted by Crippen LogP contribution is 2.30.